The van der Waals surface area contributed by atoms with Crippen LogP contribution < -0.4 is 10.1 Å². The predicted octanol–water partition coefficient (Wildman–Crippen LogP) is 3.50. The molecule has 0 aliphatic carbocycles. The van der Waals surface area contributed by atoms with Crippen LogP contribution >= 0.6 is 15.9 Å². The van der Waals surface area contributed by atoms with Gasteiger partial charge < -0.3 is 15.0 Å². The molecule has 2 aromatic carbocycles. The summed E-state index contributed by atoms with van der Waals surface area (Å²) in [5.74, 6) is 1.05. The number of rotatable bonds is 6. The van der Waals surface area contributed by atoms with E-state index < -0.39 is 0 Å². The Labute approximate surface area is 167 Å². The number of hydrogen-bond donors (Lipinski definition) is 1. The lowest BCUT2D eigenvalue weighted by Gasteiger charge is -2.32. The van der Waals surface area contributed by atoms with Crippen LogP contribution in [0.5, 0.6) is 5.75 Å². The van der Waals surface area contributed by atoms with Gasteiger partial charge in [0.2, 0.25) is 0 Å². The molecule has 6 heteroatoms. The number of benzene rings is 2. The molecule has 0 saturated carbocycles. The molecular weight excluding hydrogens is 408 g/mol. The molecule has 0 aromatic heterocycles. The second-order valence-electron chi connectivity index (χ2n) is 6.64. The fraction of sp³-hybridized carbons (Fsp3) is 0.333. The van der Waals surface area contributed by atoms with E-state index in [4.69, 9.17) is 4.74 Å². The lowest BCUT2D eigenvalue weighted by Crippen LogP contribution is -2.43. The van der Waals surface area contributed by atoms with Gasteiger partial charge in [-0.05, 0) is 55.2 Å². The first-order valence-electron chi connectivity index (χ1n) is 9.11. The number of halogens is 1. The number of para-hydroxylation sites is 1. The predicted molar refractivity (Wildman–Crippen MR) is 108 cm³/mol. The van der Waals surface area contributed by atoms with Gasteiger partial charge in [-0.15, -0.1) is 0 Å². The van der Waals surface area contributed by atoms with Gasteiger partial charge in [-0.1, -0.05) is 34.1 Å². The van der Waals surface area contributed by atoms with Gasteiger partial charge in [0, 0.05) is 29.7 Å². The highest BCUT2D eigenvalue weighted by atomic mass is 79.9. The van der Waals surface area contributed by atoms with Crippen LogP contribution in [0.15, 0.2) is 59.1 Å². The monoisotopic (exact) mass is 430 g/mol. The van der Waals surface area contributed by atoms with Gasteiger partial charge in [0.05, 0.1) is 0 Å². The number of piperidine rings is 1. The van der Waals surface area contributed by atoms with Gasteiger partial charge in [-0.25, -0.2) is 0 Å². The van der Waals surface area contributed by atoms with Crippen molar-refractivity contribution in [3.63, 3.8) is 0 Å². The number of amides is 2. The lowest BCUT2D eigenvalue weighted by atomic mass is 9.96. The van der Waals surface area contributed by atoms with Gasteiger partial charge in [0.25, 0.3) is 11.8 Å². The van der Waals surface area contributed by atoms with E-state index in [1.807, 2.05) is 47.4 Å². The molecule has 1 aliphatic rings. The minimum atomic E-state index is -0.0581. The van der Waals surface area contributed by atoms with Crippen molar-refractivity contribution in [2.75, 3.05) is 26.2 Å². The van der Waals surface area contributed by atoms with Crippen molar-refractivity contribution in [2.45, 2.75) is 12.8 Å². The summed E-state index contributed by atoms with van der Waals surface area (Å²) in [6.07, 6.45) is 1.77. The van der Waals surface area contributed by atoms with Crippen LogP contribution in [0.1, 0.15) is 23.2 Å². The third-order valence-corrected chi connectivity index (χ3v) is 5.26. The maximum Gasteiger partial charge on any atom is 0.260 e. The van der Waals surface area contributed by atoms with Crippen LogP contribution in [0, 0.1) is 5.92 Å². The van der Waals surface area contributed by atoms with Gasteiger partial charge in [-0.3, -0.25) is 9.59 Å². The number of ether oxygens (including phenoxy) is 1. The van der Waals surface area contributed by atoms with E-state index >= 15 is 0 Å². The molecule has 1 N–H and O–H groups in total. The van der Waals surface area contributed by atoms with E-state index in [0.717, 1.165) is 17.3 Å². The van der Waals surface area contributed by atoms with Gasteiger partial charge in [0.15, 0.2) is 6.61 Å². The van der Waals surface area contributed by atoms with E-state index in [9.17, 15) is 9.59 Å². The zero-order chi connectivity index (χ0) is 19.1. The van der Waals surface area contributed by atoms with Crippen molar-refractivity contribution in [1.82, 2.24) is 10.2 Å². The normalized spacial score (nSPS) is 14.6. The summed E-state index contributed by atoms with van der Waals surface area (Å²) >= 11 is 3.36. The Balaban J connectivity index is 1.37. The second kappa shape index (κ2) is 9.55. The molecule has 27 heavy (non-hydrogen) atoms. The highest BCUT2D eigenvalue weighted by Crippen LogP contribution is 2.17. The molecule has 1 heterocycles. The molecule has 0 bridgehead atoms. The van der Waals surface area contributed by atoms with Crippen molar-refractivity contribution in [3.8, 4) is 5.75 Å². The van der Waals surface area contributed by atoms with Crippen molar-refractivity contribution in [3.05, 3.63) is 64.6 Å². The SMILES string of the molecule is O=C(NCC1CCN(C(=O)COc2ccccc2)CC1)c1ccc(Br)cc1. The Morgan fingerprint density at radius 3 is 2.37 bits per heavy atom. The molecule has 2 aromatic rings. The Hall–Kier alpha value is -2.34. The lowest BCUT2D eigenvalue weighted by molar-refractivity contribution is -0.134. The first-order chi connectivity index (χ1) is 13.1. The summed E-state index contributed by atoms with van der Waals surface area (Å²) in [6, 6.07) is 16.7. The molecule has 2 amide bonds. The van der Waals surface area contributed by atoms with Crippen LogP contribution in [-0.2, 0) is 4.79 Å². The maximum atomic E-state index is 12.3. The Bertz CT molecular complexity index is 757. The highest BCUT2D eigenvalue weighted by molar-refractivity contribution is 9.10. The van der Waals surface area contributed by atoms with Crippen LogP contribution in [0.4, 0.5) is 0 Å². The molecule has 5 nitrogen and oxygen atoms in total. The summed E-state index contributed by atoms with van der Waals surface area (Å²) in [7, 11) is 0. The molecule has 0 spiro atoms. The summed E-state index contributed by atoms with van der Waals surface area (Å²) in [5, 5.41) is 3.00. The molecular formula is C21H23BrN2O3. The zero-order valence-corrected chi connectivity index (χ0v) is 16.7. The van der Waals surface area contributed by atoms with Gasteiger partial charge >= 0.3 is 0 Å². The van der Waals surface area contributed by atoms with Crippen LogP contribution in [0.25, 0.3) is 0 Å². The third-order valence-electron chi connectivity index (χ3n) is 4.73. The topological polar surface area (TPSA) is 58.6 Å². The largest absolute Gasteiger partial charge is 0.484 e. The highest BCUT2D eigenvalue weighted by Gasteiger charge is 2.23. The zero-order valence-electron chi connectivity index (χ0n) is 15.1. The summed E-state index contributed by atoms with van der Waals surface area (Å²) in [5.41, 5.74) is 0.656. The van der Waals surface area contributed by atoms with Gasteiger partial charge in [0.1, 0.15) is 5.75 Å². The number of hydrogen-bond acceptors (Lipinski definition) is 3. The van der Waals surface area contributed by atoms with E-state index in [-0.39, 0.29) is 18.4 Å². The summed E-state index contributed by atoms with van der Waals surface area (Å²) < 4.78 is 6.48. The van der Waals surface area contributed by atoms with Crippen LogP contribution in [-0.4, -0.2) is 43.0 Å². The Morgan fingerprint density at radius 2 is 1.70 bits per heavy atom. The smallest absolute Gasteiger partial charge is 0.260 e. The third kappa shape index (κ3) is 5.82. The Kier molecular flexibility index (Phi) is 6.87. The van der Waals surface area contributed by atoms with Crippen molar-refractivity contribution < 1.29 is 14.3 Å². The first kappa shape index (κ1) is 19.4. The Morgan fingerprint density at radius 1 is 1.04 bits per heavy atom. The van der Waals surface area contributed by atoms with Crippen molar-refractivity contribution >= 4 is 27.7 Å². The molecule has 1 fully saturated rings. The summed E-state index contributed by atoms with van der Waals surface area (Å²) in [4.78, 5) is 26.3. The van der Waals surface area contributed by atoms with E-state index in [0.29, 0.717) is 36.9 Å². The molecule has 3 rings (SSSR count). The fourth-order valence-corrected chi connectivity index (χ4v) is 3.34. The number of nitrogens with zero attached hydrogens (tertiary/aromatic N) is 1. The average molecular weight is 431 g/mol. The van der Waals surface area contributed by atoms with Gasteiger partial charge in [-0.2, -0.15) is 0 Å². The minimum Gasteiger partial charge on any atom is -0.484 e. The standard InChI is InChI=1S/C21H23BrN2O3/c22-18-8-6-17(7-9-18)21(26)23-14-16-10-12-24(13-11-16)20(25)15-27-19-4-2-1-3-5-19/h1-9,16H,10-15H2,(H,23,26). The number of likely N-dealkylation sites (tertiary alicyclic amines) is 1. The minimum absolute atomic E-state index is 0.0104. The summed E-state index contributed by atoms with van der Waals surface area (Å²) in [6.45, 7) is 2.11. The molecule has 1 aliphatic heterocycles. The fourth-order valence-electron chi connectivity index (χ4n) is 3.08. The first-order valence-corrected chi connectivity index (χ1v) is 9.90. The number of carbonyl (C=O) groups excluding carboxylic acids is 2. The molecule has 1 saturated heterocycles. The second-order valence-corrected chi connectivity index (χ2v) is 7.56. The van der Waals surface area contributed by atoms with Crippen LogP contribution in [0.3, 0.4) is 0 Å². The molecule has 0 atom stereocenters. The van der Waals surface area contributed by atoms with Crippen molar-refractivity contribution in [2.24, 2.45) is 5.92 Å². The van der Waals surface area contributed by atoms with E-state index in [1.54, 1.807) is 12.1 Å². The van der Waals surface area contributed by atoms with E-state index in [1.165, 1.54) is 0 Å². The molecule has 0 unspecified atom stereocenters. The quantitative estimate of drug-likeness (QED) is 0.762. The van der Waals surface area contributed by atoms with Crippen LogP contribution in [0.2, 0.25) is 0 Å². The maximum absolute atomic E-state index is 12.3. The number of nitrogens with one attached hydrogen (secondary N) is 1. The molecule has 0 radical (unpaired) electrons. The van der Waals surface area contributed by atoms with E-state index in [2.05, 4.69) is 21.2 Å². The average Bonchev–Trinajstić information content (AvgIpc) is 2.72. The van der Waals surface area contributed by atoms with Crippen molar-refractivity contribution in [1.29, 1.82) is 0 Å². The molecule has 142 valence electrons. The number of carbonyl (C=O) groups is 2.